The minimum absolute atomic E-state index is 0.0192. The molecule has 0 fully saturated rings. The third-order valence-electron chi connectivity index (χ3n) is 4.18. The number of hydrogen-bond donors (Lipinski definition) is 2. The first-order valence-corrected chi connectivity index (χ1v) is 9.03. The molecule has 0 saturated heterocycles. The number of nitrogens with one attached hydrogen (secondary N) is 2. The summed E-state index contributed by atoms with van der Waals surface area (Å²) in [4.78, 5) is 24.8. The maximum absolute atomic E-state index is 12.6. The molecule has 0 aromatic heterocycles. The van der Waals surface area contributed by atoms with Gasteiger partial charge in [0.15, 0.2) is 0 Å². The van der Waals surface area contributed by atoms with Crippen molar-refractivity contribution in [1.29, 1.82) is 0 Å². The van der Waals surface area contributed by atoms with Crippen LogP contribution in [0.3, 0.4) is 0 Å². The van der Waals surface area contributed by atoms with Crippen molar-refractivity contribution >= 4 is 23.2 Å². The highest BCUT2D eigenvalue weighted by Gasteiger charge is 2.15. The lowest BCUT2D eigenvalue weighted by Crippen LogP contribution is -2.22. The summed E-state index contributed by atoms with van der Waals surface area (Å²) >= 11 is 0. The number of benzene rings is 2. The molecule has 0 bridgehead atoms. The van der Waals surface area contributed by atoms with Crippen LogP contribution < -0.4 is 15.4 Å². The Kier molecular flexibility index (Phi) is 7.21. The van der Waals surface area contributed by atoms with Crippen molar-refractivity contribution < 1.29 is 14.3 Å². The zero-order chi connectivity index (χ0) is 18.9. The van der Waals surface area contributed by atoms with E-state index < -0.39 is 0 Å². The molecule has 2 amide bonds. The molecule has 0 unspecified atom stereocenters. The van der Waals surface area contributed by atoms with Gasteiger partial charge in [0.2, 0.25) is 5.91 Å². The lowest BCUT2D eigenvalue weighted by molar-refractivity contribution is -0.120. The largest absolute Gasteiger partial charge is 0.492 e. The first kappa shape index (κ1) is 19.5. The predicted molar refractivity (Wildman–Crippen MR) is 105 cm³/mol. The summed E-state index contributed by atoms with van der Waals surface area (Å²) in [6.07, 6.45) is 1.58. The Morgan fingerprint density at radius 3 is 2.38 bits per heavy atom. The van der Waals surface area contributed by atoms with Gasteiger partial charge < -0.3 is 15.4 Å². The summed E-state index contributed by atoms with van der Waals surface area (Å²) in [5.74, 6) is 0.331. The van der Waals surface area contributed by atoms with Crippen molar-refractivity contribution in [2.45, 2.75) is 33.6 Å². The Balaban J connectivity index is 2.12. The predicted octanol–water partition coefficient (Wildman–Crippen LogP) is 4.71. The van der Waals surface area contributed by atoms with E-state index in [-0.39, 0.29) is 17.7 Å². The molecule has 0 aliphatic carbocycles. The fraction of sp³-hybridized carbons (Fsp3) is 0.333. The second-order valence-electron chi connectivity index (χ2n) is 5.97. The summed E-state index contributed by atoms with van der Waals surface area (Å²) in [6, 6.07) is 14.2. The van der Waals surface area contributed by atoms with E-state index in [2.05, 4.69) is 10.6 Å². The van der Waals surface area contributed by atoms with Crippen LogP contribution >= 0.6 is 0 Å². The van der Waals surface area contributed by atoms with Gasteiger partial charge in [-0.05, 0) is 50.1 Å². The van der Waals surface area contributed by atoms with Gasteiger partial charge in [0.1, 0.15) is 5.75 Å². The molecule has 5 nitrogen and oxygen atoms in total. The Morgan fingerprint density at radius 2 is 1.69 bits per heavy atom. The van der Waals surface area contributed by atoms with Crippen molar-refractivity contribution in [2.75, 3.05) is 17.2 Å². The zero-order valence-corrected chi connectivity index (χ0v) is 15.5. The molecule has 0 radical (unpaired) electrons. The smallest absolute Gasteiger partial charge is 0.255 e. The second kappa shape index (κ2) is 9.61. The van der Waals surface area contributed by atoms with Crippen molar-refractivity contribution in [1.82, 2.24) is 0 Å². The van der Waals surface area contributed by atoms with E-state index in [1.54, 1.807) is 30.3 Å². The van der Waals surface area contributed by atoms with Crippen LogP contribution in [0.5, 0.6) is 5.75 Å². The molecule has 0 atom stereocenters. The highest BCUT2D eigenvalue weighted by molar-refractivity contribution is 6.06. The van der Waals surface area contributed by atoms with Crippen LogP contribution in [0.4, 0.5) is 11.4 Å². The van der Waals surface area contributed by atoms with Gasteiger partial charge in [0, 0.05) is 17.2 Å². The normalized spacial score (nSPS) is 10.5. The fourth-order valence-electron chi connectivity index (χ4n) is 2.69. The van der Waals surface area contributed by atoms with Crippen LogP contribution in [0.1, 0.15) is 44.0 Å². The number of hydrogen-bond acceptors (Lipinski definition) is 3. The quantitative estimate of drug-likeness (QED) is 0.721. The summed E-state index contributed by atoms with van der Waals surface area (Å²) in [7, 11) is 0. The van der Waals surface area contributed by atoms with Crippen molar-refractivity contribution in [2.24, 2.45) is 5.92 Å². The number of carbonyl (C=O) groups is 2. The lowest BCUT2D eigenvalue weighted by Gasteiger charge is -2.14. The summed E-state index contributed by atoms with van der Waals surface area (Å²) in [5, 5.41) is 5.75. The van der Waals surface area contributed by atoms with E-state index in [1.807, 2.05) is 39.0 Å². The van der Waals surface area contributed by atoms with Crippen LogP contribution in [0.2, 0.25) is 0 Å². The molecule has 0 spiro atoms. The fourth-order valence-corrected chi connectivity index (χ4v) is 2.69. The number of para-hydroxylation sites is 2. The SMILES string of the molecule is CCOc1ccccc1NC(=O)c1cccc(NC(=O)C(CC)CC)c1. The zero-order valence-electron chi connectivity index (χ0n) is 15.5. The molecular formula is C21H26N2O3. The molecule has 5 heteroatoms. The first-order chi connectivity index (χ1) is 12.6. The highest BCUT2D eigenvalue weighted by atomic mass is 16.5. The average molecular weight is 354 g/mol. The number of anilines is 2. The van der Waals surface area contributed by atoms with E-state index >= 15 is 0 Å². The number of amides is 2. The number of rotatable bonds is 8. The molecule has 2 aromatic carbocycles. The van der Waals surface area contributed by atoms with Gasteiger partial charge in [-0.25, -0.2) is 0 Å². The van der Waals surface area contributed by atoms with Gasteiger partial charge in [-0.2, -0.15) is 0 Å². The molecular weight excluding hydrogens is 328 g/mol. The van der Waals surface area contributed by atoms with Gasteiger partial charge in [-0.15, -0.1) is 0 Å². The topological polar surface area (TPSA) is 67.4 Å². The summed E-state index contributed by atoms with van der Waals surface area (Å²) < 4.78 is 5.53. The van der Waals surface area contributed by atoms with Gasteiger partial charge in [0.25, 0.3) is 5.91 Å². The van der Waals surface area contributed by atoms with Crippen molar-refractivity contribution in [3.05, 3.63) is 54.1 Å². The number of ether oxygens (including phenoxy) is 1. The third-order valence-corrected chi connectivity index (χ3v) is 4.18. The molecule has 2 rings (SSSR count). The van der Waals surface area contributed by atoms with Crippen LogP contribution in [-0.2, 0) is 4.79 Å². The maximum atomic E-state index is 12.6. The standard InChI is InChI=1S/C21H26N2O3/c1-4-15(5-2)20(24)22-17-11-9-10-16(14-17)21(25)23-18-12-7-8-13-19(18)26-6-3/h7-15H,4-6H2,1-3H3,(H,22,24)(H,23,25). The van der Waals surface area contributed by atoms with Crippen LogP contribution in [0, 0.1) is 5.92 Å². The molecule has 0 aliphatic heterocycles. The van der Waals surface area contributed by atoms with E-state index in [0.717, 1.165) is 12.8 Å². The Morgan fingerprint density at radius 1 is 0.962 bits per heavy atom. The van der Waals surface area contributed by atoms with Crippen LogP contribution in [0.15, 0.2) is 48.5 Å². The minimum Gasteiger partial charge on any atom is -0.492 e. The van der Waals surface area contributed by atoms with Gasteiger partial charge in [-0.3, -0.25) is 9.59 Å². The molecule has 2 N–H and O–H groups in total. The summed E-state index contributed by atoms with van der Waals surface area (Å²) in [5.41, 5.74) is 1.71. The van der Waals surface area contributed by atoms with E-state index in [0.29, 0.717) is 29.3 Å². The highest BCUT2D eigenvalue weighted by Crippen LogP contribution is 2.24. The molecule has 26 heavy (non-hydrogen) atoms. The molecule has 2 aromatic rings. The second-order valence-corrected chi connectivity index (χ2v) is 5.97. The van der Waals surface area contributed by atoms with E-state index in [1.165, 1.54) is 0 Å². The van der Waals surface area contributed by atoms with Crippen LogP contribution in [0.25, 0.3) is 0 Å². The Bertz CT molecular complexity index is 754. The van der Waals surface area contributed by atoms with Crippen molar-refractivity contribution in [3.8, 4) is 5.75 Å². The Hall–Kier alpha value is -2.82. The molecule has 0 saturated carbocycles. The third kappa shape index (κ3) is 5.09. The maximum Gasteiger partial charge on any atom is 0.255 e. The average Bonchev–Trinajstić information content (AvgIpc) is 2.64. The van der Waals surface area contributed by atoms with Crippen LogP contribution in [-0.4, -0.2) is 18.4 Å². The number of carbonyl (C=O) groups excluding carboxylic acids is 2. The molecule has 138 valence electrons. The van der Waals surface area contributed by atoms with E-state index in [9.17, 15) is 9.59 Å². The summed E-state index contributed by atoms with van der Waals surface area (Å²) in [6.45, 7) is 6.40. The molecule has 0 aliphatic rings. The van der Waals surface area contributed by atoms with Gasteiger partial charge >= 0.3 is 0 Å². The van der Waals surface area contributed by atoms with Gasteiger partial charge in [-0.1, -0.05) is 32.0 Å². The van der Waals surface area contributed by atoms with Crippen molar-refractivity contribution in [3.63, 3.8) is 0 Å². The Labute approximate surface area is 154 Å². The monoisotopic (exact) mass is 354 g/mol. The van der Waals surface area contributed by atoms with Gasteiger partial charge in [0.05, 0.1) is 12.3 Å². The molecule has 0 heterocycles. The first-order valence-electron chi connectivity index (χ1n) is 9.03. The van der Waals surface area contributed by atoms with E-state index in [4.69, 9.17) is 4.74 Å². The lowest BCUT2D eigenvalue weighted by atomic mass is 10.0. The minimum atomic E-state index is -0.254.